The summed E-state index contributed by atoms with van der Waals surface area (Å²) in [6.45, 7) is 2.38. The van der Waals surface area contributed by atoms with Gasteiger partial charge < -0.3 is 25.5 Å². The molecule has 1 rings (SSSR count). The summed E-state index contributed by atoms with van der Waals surface area (Å²) in [5.74, 6) is -1.23. The van der Waals surface area contributed by atoms with Crippen LogP contribution in [0.2, 0.25) is 0 Å². The van der Waals surface area contributed by atoms with Gasteiger partial charge in [-0.25, -0.2) is 9.59 Å². The van der Waals surface area contributed by atoms with E-state index >= 15 is 0 Å². The number of hydrogen-bond donors (Lipinski definition) is 3. The second kappa shape index (κ2) is 7.93. The molecule has 0 fully saturated rings. The second-order valence-corrected chi connectivity index (χ2v) is 4.44. The van der Waals surface area contributed by atoms with E-state index in [1.54, 1.807) is 19.1 Å². The molecule has 0 spiro atoms. The summed E-state index contributed by atoms with van der Waals surface area (Å²) >= 11 is 0. The van der Waals surface area contributed by atoms with E-state index < -0.39 is 23.9 Å². The van der Waals surface area contributed by atoms with Gasteiger partial charge in [0.25, 0.3) is 0 Å². The normalized spacial score (nSPS) is 11.7. The van der Waals surface area contributed by atoms with Crippen LogP contribution >= 0.6 is 0 Å². The number of primary amides is 1. The second-order valence-electron chi connectivity index (χ2n) is 4.44. The van der Waals surface area contributed by atoms with E-state index in [1.807, 2.05) is 0 Å². The molecule has 8 heteroatoms. The molecular weight excluding hydrogens is 278 g/mol. The lowest BCUT2D eigenvalue weighted by atomic mass is 10.1. The molecule has 3 amide bonds. The third kappa shape index (κ3) is 5.55. The van der Waals surface area contributed by atoms with Crippen molar-refractivity contribution in [3.63, 3.8) is 0 Å². The van der Waals surface area contributed by atoms with Crippen molar-refractivity contribution in [3.05, 3.63) is 24.2 Å². The van der Waals surface area contributed by atoms with Gasteiger partial charge in [0.05, 0.1) is 12.8 Å². The molecule has 0 aromatic carbocycles. The number of carboxylic acids is 1. The van der Waals surface area contributed by atoms with Crippen molar-refractivity contribution < 1.29 is 23.9 Å². The van der Waals surface area contributed by atoms with Crippen LogP contribution < -0.4 is 11.1 Å². The Labute approximate surface area is 121 Å². The number of aliphatic carboxylic acids is 1. The average Bonchev–Trinajstić information content (AvgIpc) is 2.92. The molecule has 0 aliphatic carbocycles. The minimum absolute atomic E-state index is 0.0469. The first-order valence-corrected chi connectivity index (χ1v) is 6.53. The Kier molecular flexibility index (Phi) is 6.25. The average molecular weight is 297 g/mol. The van der Waals surface area contributed by atoms with Crippen LogP contribution in [0.25, 0.3) is 0 Å². The summed E-state index contributed by atoms with van der Waals surface area (Å²) < 4.78 is 5.15. The Morgan fingerprint density at radius 2 is 2.19 bits per heavy atom. The Balaban J connectivity index is 2.61. The van der Waals surface area contributed by atoms with Crippen molar-refractivity contribution in [2.75, 3.05) is 6.54 Å². The minimum atomic E-state index is -1.21. The smallest absolute Gasteiger partial charge is 0.326 e. The number of nitrogens with one attached hydrogen (secondary N) is 1. The van der Waals surface area contributed by atoms with E-state index in [4.69, 9.17) is 15.3 Å². The summed E-state index contributed by atoms with van der Waals surface area (Å²) in [6, 6.07) is 1.73. The van der Waals surface area contributed by atoms with Gasteiger partial charge in [0.2, 0.25) is 5.91 Å². The zero-order chi connectivity index (χ0) is 15.8. The molecule has 0 saturated carbocycles. The number of amides is 3. The first-order chi connectivity index (χ1) is 9.93. The van der Waals surface area contributed by atoms with Crippen LogP contribution in [0.3, 0.4) is 0 Å². The fraction of sp³-hybridized carbons (Fsp3) is 0.462. The number of hydrogen-bond acceptors (Lipinski definition) is 4. The highest BCUT2D eigenvalue weighted by atomic mass is 16.4. The molecule has 0 saturated heterocycles. The van der Waals surface area contributed by atoms with Gasteiger partial charge in [-0.2, -0.15) is 0 Å². The Morgan fingerprint density at radius 1 is 1.48 bits per heavy atom. The van der Waals surface area contributed by atoms with Crippen LogP contribution in [0.1, 0.15) is 25.5 Å². The quantitative estimate of drug-likeness (QED) is 0.645. The molecule has 0 radical (unpaired) electrons. The SMILES string of the molecule is CCN(Cc1ccco1)C(=O)N[C@H](CCC(N)=O)C(=O)O. The lowest BCUT2D eigenvalue weighted by Crippen LogP contribution is -2.47. The van der Waals surface area contributed by atoms with Crippen molar-refractivity contribution >= 4 is 17.9 Å². The van der Waals surface area contributed by atoms with Crippen LogP contribution in [-0.2, 0) is 16.1 Å². The highest BCUT2D eigenvalue weighted by Gasteiger charge is 2.23. The predicted molar refractivity (Wildman–Crippen MR) is 73.2 cm³/mol. The first-order valence-electron chi connectivity index (χ1n) is 6.53. The molecule has 0 aliphatic rings. The molecule has 116 valence electrons. The largest absolute Gasteiger partial charge is 0.480 e. The van der Waals surface area contributed by atoms with Crippen molar-refractivity contribution in [2.24, 2.45) is 5.73 Å². The summed E-state index contributed by atoms with van der Waals surface area (Å²) in [5.41, 5.74) is 4.98. The van der Waals surface area contributed by atoms with Gasteiger partial charge >= 0.3 is 12.0 Å². The van der Waals surface area contributed by atoms with Crippen molar-refractivity contribution in [1.82, 2.24) is 10.2 Å². The van der Waals surface area contributed by atoms with E-state index in [0.717, 1.165) is 0 Å². The van der Waals surface area contributed by atoms with Gasteiger partial charge in [0.15, 0.2) is 0 Å². The molecule has 8 nitrogen and oxygen atoms in total. The molecule has 1 aromatic rings. The van der Waals surface area contributed by atoms with Crippen LogP contribution in [-0.4, -0.2) is 40.5 Å². The van der Waals surface area contributed by atoms with Crippen LogP contribution in [0.5, 0.6) is 0 Å². The number of carbonyl (C=O) groups is 3. The number of carboxylic acid groups (broad SMARTS) is 1. The van der Waals surface area contributed by atoms with Gasteiger partial charge in [-0.1, -0.05) is 0 Å². The van der Waals surface area contributed by atoms with Crippen molar-refractivity contribution in [2.45, 2.75) is 32.4 Å². The highest BCUT2D eigenvalue weighted by molar-refractivity contribution is 5.83. The molecule has 0 unspecified atom stereocenters. The van der Waals surface area contributed by atoms with Gasteiger partial charge in [-0.05, 0) is 25.5 Å². The number of furan rings is 1. The lowest BCUT2D eigenvalue weighted by Gasteiger charge is -2.23. The zero-order valence-corrected chi connectivity index (χ0v) is 11.7. The molecule has 0 aliphatic heterocycles. The Hall–Kier alpha value is -2.51. The number of nitrogens with two attached hydrogens (primary N) is 1. The molecule has 1 heterocycles. The van der Waals surface area contributed by atoms with Gasteiger partial charge in [0, 0.05) is 13.0 Å². The van der Waals surface area contributed by atoms with E-state index in [9.17, 15) is 14.4 Å². The first kappa shape index (κ1) is 16.5. The third-order valence-corrected chi connectivity index (χ3v) is 2.87. The molecule has 21 heavy (non-hydrogen) atoms. The van der Waals surface area contributed by atoms with Crippen molar-refractivity contribution in [1.29, 1.82) is 0 Å². The predicted octanol–water partition coefficient (Wildman–Crippen LogP) is 0.530. The summed E-state index contributed by atoms with van der Waals surface area (Å²) in [6.07, 6.45) is 1.34. The van der Waals surface area contributed by atoms with E-state index in [-0.39, 0.29) is 19.4 Å². The van der Waals surface area contributed by atoms with E-state index in [1.165, 1.54) is 11.2 Å². The van der Waals surface area contributed by atoms with Gasteiger partial charge in [0.1, 0.15) is 11.8 Å². The maximum atomic E-state index is 12.1. The van der Waals surface area contributed by atoms with Crippen LogP contribution in [0.4, 0.5) is 4.79 Å². The fourth-order valence-electron chi connectivity index (χ4n) is 1.70. The summed E-state index contributed by atoms with van der Waals surface area (Å²) in [5, 5.41) is 11.4. The molecule has 4 N–H and O–H groups in total. The van der Waals surface area contributed by atoms with E-state index in [2.05, 4.69) is 5.32 Å². The summed E-state index contributed by atoms with van der Waals surface area (Å²) in [7, 11) is 0. The highest BCUT2D eigenvalue weighted by Crippen LogP contribution is 2.06. The number of carbonyl (C=O) groups excluding carboxylic acids is 2. The maximum absolute atomic E-state index is 12.1. The third-order valence-electron chi connectivity index (χ3n) is 2.87. The monoisotopic (exact) mass is 297 g/mol. The minimum Gasteiger partial charge on any atom is -0.480 e. The van der Waals surface area contributed by atoms with Crippen molar-refractivity contribution in [3.8, 4) is 0 Å². The number of nitrogens with zero attached hydrogens (tertiary/aromatic N) is 1. The zero-order valence-electron chi connectivity index (χ0n) is 11.7. The fourth-order valence-corrected chi connectivity index (χ4v) is 1.70. The molecule has 1 aromatic heterocycles. The Morgan fingerprint density at radius 3 is 2.67 bits per heavy atom. The lowest BCUT2D eigenvalue weighted by molar-refractivity contribution is -0.139. The van der Waals surface area contributed by atoms with Crippen LogP contribution in [0, 0.1) is 0 Å². The molecular formula is C13H19N3O5. The maximum Gasteiger partial charge on any atom is 0.326 e. The van der Waals surface area contributed by atoms with E-state index in [0.29, 0.717) is 12.3 Å². The standard InChI is InChI=1S/C13H19N3O5/c1-2-16(8-9-4-3-7-21-9)13(20)15-10(12(18)19)5-6-11(14)17/h3-4,7,10H,2,5-6,8H2,1H3,(H2,14,17)(H,15,20)(H,18,19)/t10-/m1/s1. The molecule has 0 bridgehead atoms. The number of rotatable bonds is 8. The van der Waals surface area contributed by atoms with Gasteiger partial charge in [-0.15, -0.1) is 0 Å². The van der Waals surface area contributed by atoms with Gasteiger partial charge in [-0.3, -0.25) is 4.79 Å². The Bertz CT molecular complexity index is 486. The number of urea groups is 1. The topological polar surface area (TPSA) is 126 Å². The van der Waals surface area contributed by atoms with Crippen LogP contribution in [0.15, 0.2) is 22.8 Å². The summed E-state index contributed by atoms with van der Waals surface area (Å²) in [4.78, 5) is 35.2. The molecule has 1 atom stereocenters.